The molecule has 3 N–H and O–H groups in total. The van der Waals surface area contributed by atoms with Gasteiger partial charge in [-0.25, -0.2) is 4.79 Å². The van der Waals surface area contributed by atoms with E-state index in [0.717, 1.165) is 5.56 Å². The lowest BCUT2D eigenvalue weighted by atomic mass is 10.1. The highest BCUT2D eigenvalue weighted by molar-refractivity contribution is 5.87. The van der Waals surface area contributed by atoms with E-state index >= 15 is 0 Å². The van der Waals surface area contributed by atoms with Gasteiger partial charge in [-0.2, -0.15) is 0 Å². The maximum Gasteiger partial charge on any atom is 0.334 e. The maximum absolute atomic E-state index is 10.6. The van der Waals surface area contributed by atoms with Crippen LogP contribution in [-0.2, 0) is 4.79 Å². The Bertz CT molecular complexity index is 387. The first-order valence-electron chi connectivity index (χ1n) is 4.74. The molecule has 0 radical (unpaired) electrons. The first-order chi connectivity index (χ1) is 7.27. The van der Waals surface area contributed by atoms with Crippen LogP contribution < -0.4 is 10.6 Å². The zero-order chi connectivity index (χ0) is 10.7. The lowest BCUT2D eigenvalue weighted by molar-refractivity contribution is -0.132. The standard InChI is InChI=1S/C11H12N2O2/c14-11(15)9-6-12-10(13-7-9)8-4-2-1-3-5-8/h1-6,10,12-13H,7H2,(H,14,15). The summed E-state index contributed by atoms with van der Waals surface area (Å²) in [5, 5.41) is 14.9. The number of rotatable bonds is 2. The van der Waals surface area contributed by atoms with E-state index in [-0.39, 0.29) is 6.17 Å². The molecule has 0 amide bonds. The number of hydrogen-bond donors (Lipinski definition) is 3. The topological polar surface area (TPSA) is 61.4 Å². The van der Waals surface area contributed by atoms with Crippen molar-refractivity contribution in [3.8, 4) is 0 Å². The molecule has 0 fully saturated rings. The minimum absolute atomic E-state index is 0.00528. The SMILES string of the molecule is O=C(O)C1=CNC(c2ccccc2)NC1. The van der Waals surface area contributed by atoms with E-state index in [1.807, 2.05) is 30.3 Å². The lowest BCUT2D eigenvalue weighted by Gasteiger charge is -2.24. The Morgan fingerprint density at radius 1 is 1.33 bits per heavy atom. The van der Waals surface area contributed by atoms with Crippen molar-refractivity contribution in [2.24, 2.45) is 0 Å². The van der Waals surface area contributed by atoms with Crippen LogP contribution in [-0.4, -0.2) is 17.6 Å². The van der Waals surface area contributed by atoms with Crippen LogP contribution >= 0.6 is 0 Å². The summed E-state index contributed by atoms with van der Waals surface area (Å²) in [5.41, 5.74) is 1.44. The molecule has 0 aliphatic carbocycles. The van der Waals surface area contributed by atoms with Gasteiger partial charge >= 0.3 is 5.97 Å². The molecule has 1 aliphatic rings. The Morgan fingerprint density at radius 3 is 2.60 bits per heavy atom. The summed E-state index contributed by atoms with van der Waals surface area (Å²) in [6, 6.07) is 9.84. The fourth-order valence-corrected chi connectivity index (χ4v) is 1.50. The van der Waals surface area contributed by atoms with Crippen molar-refractivity contribution < 1.29 is 9.90 Å². The Balaban J connectivity index is 2.09. The fraction of sp³-hybridized carbons (Fsp3) is 0.182. The molecule has 1 atom stereocenters. The second-order valence-electron chi connectivity index (χ2n) is 3.37. The van der Waals surface area contributed by atoms with Gasteiger partial charge < -0.3 is 10.4 Å². The minimum atomic E-state index is -0.887. The van der Waals surface area contributed by atoms with Crippen LogP contribution in [0.15, 0.2) is 42.1 Å². The van der Waals surface area contributed by atoms with Gasteiger partial charge in [0, 0.05) is 12.7 Å². The first kappa shape index (κ1) is 9.73. The molecular formula is C11H12N2O2. The molecule has 1 aromatic carbocycles. The quantitative estimate of drug-likeness (QED) is 0.668. The van der Waals surface area contributed by atoms with Gasteiger partial charge in [-0.1, -0.05) is 30.3 Å². The van der Waals surface area contributed by atoms with E-state index in [9.17, 15) is 4.79 Å². The third kappa shape index (κ3) is 2.16. The third-order valence-corrected chi connectivity index (χ3v) is 2.33. The summed E-state index contributed by atoms with van der Waals surface area (Å²) in [5.74, 6) is -0.887. The molecule has 1 unspecified atom stereocenters. The molecule has 1 aliphatic heterocycles. The van der Waals surface area contributed by atoms with Crippen molar-refractivity contribution >= 4 is 5.97 Å². The lowest BCUT2D eigenvalue weighted by Crippen LogP contribution is -2.38. The molecule has 0 aromatic heterocycles. The predicted molar refractivity (Wildman–Crippen MR) is 56.0 cm³/mol. The second-order valence-corrected chi connectivity index (χ2v) is 3.37. The molecular weight excluding hydrogens is 192 g/mol. The van der Waals surface area contributed by atoms with Gasteiger partial charge in [0.25, 0.3) is 0 Å². The maximum atomic E-state index is 10.6. The zero-order valence-electron chi connectivity index (χ0n) is 8.10. The van der Waals surface area contributed by atoms with Crippen molar-refractivity contribution in [2.45, 2.75) is 6.17 Å². The Labute approximate surface area is 87.6 Å². The van der Waals surface area contributed by atoms with Gasteiger partial charge in [0.05, 0.1) is 5.57 Å². The molecule has 78 valence electrons. The van der Waals surface area contributed by atoms with Gasteiger partial charge in [0.1, 0.15) is 6.17 Å². The highest BCUT2D eigenvalue weighted by Crippen LogP contribution is 2.12. The minimum Gasteiger partial charge on any atom is -0.478 e. The summed E-state index contributed by atoms with van der Waals surface area (Å²) in [7, 11) is 0. The van der Waals surface area contributed by atoms with Gasteiger partial charge in [0.2, 0.25) is 0 Å². The molecule has 15 heavy (non-hydrogen) atoms. The van der Waals surface area contributed by atoms with Crippen LogP contribution in [0.5, 0.6) is 0 Å². The Morgan fingerprint density at radius 2 is 2.07 bits per heavy atom. The monoisotopic (exact) mass is 204 g/mol. The molecule has 1 heterocycles. The Hall–Kier alpha value is -1.81. The molecule has 0 saturated heterocycles. The van der Waals surface area contributed by atoms with E-state index < -0.39 is 5.97 Å². The van der Waals surface area contributed by atoms with E-state index in [0.29, 0.717) is 12.1 Å². The summed E-state index contributed by atoms with van der Waals surface area (Å²) >= 11 is 0. The van der Waals surface area contributed by atoms with Gasteiger partial charge in [-0.3, -0.25) is 5.32 Å². The zero-order valence-corrected chi connectivity index (χ0v) is 8.10. The number of benzene rings is 1. The van der Waals surface area contributed by atoms with Crippen LogP contribution in [0.25, 0.3) is 0 Å². The van der Waals surface area contributed by atoms with Crippen LogP contribution in [0.4, 0.5) is 0 Å². The Kier molecular flexibility index (Phi) is 2.69. The normalized spacial score (nSPS) is 20.3. The van der Waals surface area contributed by atoms with Crippen molar-refractivity contribution in [1.29, 1.82) is 0 Å². The van der Waals surface area contributed by atoms with Crippen molar-refractivity contribution in [2.75, 3.05) is 6.54 Å². The van der Waals surface area contributed by atoms with E-state index in [2.05, 4.69) is 10.6 Å². The van der Waals surface area contributed by atoms with Gasteiger partial charge in [-0.05, 0) is 5.56 Å². The number of hydrogen-bond acceptors (Lipinski definition) is 3. The van der Waals surface area contributed by atoms with Crippen LogP contribution in [0, 0.1) is 0 Å². The first-order valence-corrected chi connectivity index (χ1v) is 4.74. The fourth-order valence-electron chi connectivity index (χ4n) is 1.50. The van der Waals surface area contributed by atoms with Crippen molar-refractivity contribution in [1.82, 2.24) is 10.6 Å². The summed E-state index contributed by atoms with van der Waals surface area (Å²) < 4.78 is 0. The van der Waals surface area contributed by atoms with Crippen LogP contribution in [0.3, 0.4) is 0 Å². The van der Waals surface area contributed by atoms with Crippen LogP contribution in [0.2, 0.25) is 0 Å². The number of nitrogens with one attached hydrogen (secondary N) is 2. The smallest absolute Gasteiger partial charge is 0.334 e. The number of carbonyl (C=O) groups is 1. The van der Waals surface area contributed by atoms with Gasteiger partial charge in [0.15, 0.2) is 0 Å². The molecule has 2 rings (SSSR count). The molecule has 0 bridgehead atoms. The predicted octanol–water partition coefficient (Wildman–Crippen LogP) is 0.847. The molecule has 0 spiro atoms. The second kappa shape index (κ2) is 4.14. The highest BCUT2D eigenvalue weighted by Gasteiger charge is 2.17. The largest absolute Gasteiger partial charge is 0.478 e. The molecule has 4 nitrogen and oxygen atoms in total. The van der Waals surface area contributed by atoms with E-state index in [1.54, 1.807) is 6.20 Å². The number of carboxylic acids is 1. The average molecular weight is 204 g/mol. The summed E-state index contributed by atoms with van der Waals surface area (Å²) in [4.78, 5) is 10.6. The average Bonchev–Trinajstić information content (AvgIpc) is 2.30. The molecule has 1 aromatic rings. The number of carboxylic acid groups (broad SMARTS) is 1. The molecule has 4 heteroatoms. The van der Waals surface area contributed by atoms with E-state index in [1.165, 1.54) is 0 Å². The van der Waals surface area contributed by atoms with Gasteiger partial charge in [-0.15, -0.1) is 0 Å². The summed E-state index contributed by atoms with van der Waals surface area (Å²) in [6.07, 6.45) is 1.55. The highest BCUT2D eigenvalue weighted by atomic mass is 16.4. The summed E-state index contributed by atoms with van der Waals surface area (Å²) in [6.45, 7) is 0.377. The van der Waals surface area contributed by atoms with Crippen LogP contribution in [0.1, 0.15) is 11.7 Å². The van der Waals surface area contributed by atoms with E-state index in [4.69, 9.17) is 5.11 Å². The van der Waals surface area contributed by atoms with Crippen molar-refractivity contribution in [3.05, 3.63) is 47.7 Å². The van der Waals surface area contributed by atoms with Crippen molar-refractivity contribution in [3.63, 3.8) is 0 Å². The number of aliphatic carboxylic acids is 1. The molecule has 0 saturated carbocycles. The third-order valence-electron chi connectivity index (χ3n) is 2.33.